The fourth-order valence-corrected chi connectivity index (χ4v) is 3.53. The van der Waals surface area contributed by atoms with Gasteiger partial charge in [0.2, 0.25) is 0 Å². The number of nitro benzene ring substituents is 1. The Balaban J connectivity index is 1.54. The molecular weight excluding hydrogens is 398 g/mol. The van der Waals surface area contributed by atoms with Crippen LogP contribution in [0.4, 0.5) is 11.4 Å². The van der Waals surface area contributed by atoms with Crippen LogP contribution in [0.5, 0.6) is 0 Å². The van der Waals surface area contributed by atoms with Gasteiger partial charge in [-0.1, -0.05) is 34.1 Å². The van der Waals surface area contributed by atoms with Gasteiger partial charge in [0.1, 0.15) is 5.69 Å². The van der Waals surface area contributed by atoms with Crippen molar-refractivity contribution in [3.8, 4) is 0 Å². The van der Waals surface area contributed by atoms with Crippen LogP contribution in [-0.2, 0) is 0 Å². The maximum Gasteiger partial charge on any atom is 0.292 e. The van der Waals surface area contributed by atoms with Crippen molar-refractivity contribution >= 4 is 33.2 Å². The fraction of sp³-hybridized carbons (Fsp3) is 0.316. The second-order valence-corrected chi connectivity index (χ2v) is 7.32. The number of halogens is 1. The van der Waals surface area contributed by atoms with Gasteiger partial charge >= 0.3 is 0 Å². The molecule has 0 radical (unpaired) electrons. The first kappa shape index (κ1) is 18.4. The lowest BCUT2D eigenvalue weighted by Gasteiger charge is -2.32. The average molecular weight is 418 g/mol. The minimum absolute atomic E-state index is 0.0691. The van der Waals surface area contributed by atoms with Crippen molar-refractivity contribution in [1.82, 2.24) is 4.90 Å². The summed E-state index contributed by atoms with van der Waals surface area (Å²) in [6.45, 7) is 2.08. The molecule has 1 saturated heterocycles. The highest BCUT2D eigenvalue weighted by Gasteiger charge is 2.24. The van der Waals surface area contributed by atoms with Gasteiger partial charge in [0.05, 0.1) is 4.92 Å². The molecule has 0 spiro atoms. The first-order chi connectivity index (χ1) is 12.5. The molecule has 0 saturated carbocycles. The molecule has 0 unspecified atom stereocenters. The second kappa shape index (κ2) is 8.31. The lowest BCUT2D eigenvalue weighted by atomic mass is 9.96. The molecule has 1 aliphatic rings. The molecule has 6 nitrogen and oxygen atoms in total. The number of amides is 1. The van der Waals surface area contributed by atoms with E-state index < -0.39 is 0 Å². The normalized spacial score (nSPS) is 14.9. The average Bonchev–Trinajstić information content (AvgIpc) is 2.66. The summed E-state index contributed by atoms with van der Waals surface area (Å²) in [6, 6.07) is 14.2. The molecule has 0 aromatic heterocycles. The van der Waals surface area contributed by atoms with Crippen molar-refractivity contribution in [2.24, 2.45) is 5.92 Å². The summed E-state index contributed by atoms with van der Waals surface area (Å²) >= 11 is 3.35. The molecule has 0 atom stereocenters. The third-order valence-corrected chi connectivity index (χ3v) is 5.15. The van der Waals surface area contributed by atoms with Crippen LogP contribution in [0.2, 0.25) is 0 Å². The smallest absolute Gasteiger partial charge is 0.292 e. The Bertz CT molecular complexity index is 790. The first-order valence-corrected chi connectivity index (χ1v) is 9.36. The van der Waals surface area contributed by atoms with Crippen molar-refractivity contribution in [2.75, 3.05) is 25.0 Å². The van der Waals surface area contributed by atoms with Gasteiger partial charge in [-0.2, -0.15) is 0 Å². The Labute approximate surface area is 160 Å². The van der Waals surface area contributed by atoms with E-state index in [1.807, 2.05) is 35.2 Å². The van der Waals surface area contributed by atoms with E-state index in [0.29, 0.717) is 36.8 Å². The standard InChI is InChI=1S/C19H20BrN3O3/c20-16-6-7-18(23(25)26)17(12-16)21-13-14-8-10-22(11-9-14)19(24)15-4-2-1-3-5-15/h1-7,12,14,21H,8-11,13H2. The van der Waals surface area contributed by atoms with Crippen molar-refractivity contribution < 1.29 is 9.72 Å². The van der Waals surface area contributed by atoms with Crippen molar-refractivity contribution in [3.05, 3.63) is 68.7 Å². The van der Waals surface area contributed by atoms with Crippen LogP contribution >= 0.6 is 15.9 Å². The molecule has 7 heteroatoms. The third kappa shape index (κ3) is 4.40. The van der Waals surface area contributed by atoms with E-state index in [9.17, 15) is 14.9 Å². The van der Waals surface area contributed by atoms with E-state index in [1.54, 1.807) is 12.1 Å². The van der Waals surface area contributed by atoms with E-state index in [1.165, 1.54) is 6.07 Å². The Kier molecular flexibility index (Phi) is 5.88. The minimum Gasteiger partial charge on any atom is -0.379 e. The summed E-state index contributed by atoms with van der Waals surface area (Å²) < 4.78 is 0.800. The molecule has 2 aromatic carbocycles. The summed E-state index contributed by atoms with van der Waals surface area (Å²) in [5.41, 5.74) is 1.31. The maximum atomic E-state index is 12.5. The van der Waals surface area contributed by atoms with E-state index in [4.69, 9.17) is 0 Å². The van der Waals surface area contributed by atoms with Crippen molar-refractivity contribution in [3.63, 3.8) is 0 Å². The van der Waals surface area contributed by atoms with Gasteiger partial charge in [0, 0.05) is 35.7 Å². The number of benzene rings is 2. The van der Waals surface area contributed by atoms with Crippen LogP contribution in [-0.4, -0.2) is 35.4 Å². The van der Waals surface area contributed by atoms with Crippen LogP contribution < -0.4 is 5.32 Å². The molecule has 3 rings (SSSR count). The number of rotatable bonds is 5. The number of nitro groups is 1. The number of likely N-dealkylation sites (tertiary alicyclic amines) is 1. The van der Waals surface area contributed by atoms with Gasteiger partial charge in [0.15, 0.2) is 0 Å². The van der Waals surface area contributed by atoms with Crippen LogP contribution in [0.15, 0.2) is 53.0 Å². The van der Waals surface area contributed by atoms with Gasteiger partial charge in [-0.25, -0.2) is 0 Å². The number of hydrogen-bond acceptors (Lipinski definition) is 4. The SMILES string of the molecule is O=C(c1ccccc1)N1CCC(CNc2cc(Br)ccc2[N+](=O)[O-])CC1. The number of nitrogens with one attached hydrogen (secondary N) is 1. The molecule has 1 aliphatic heterocycles. The van der Waals surface area contributed by atoms with Crippen LogP contribution in [0, 0.1) is 16.0 Å². The summed E-state index contributed by atoms with van der Waals surface area (Å²) in [4.78, 5) is 25.1. The van der Waals surface area contributed by atoms with Gasteiger partial charge in [-0.05, 0) is 43.0 Å². The molecular formula is C19H20BrN3O3. The molecule has 1 fully saturated rings. The lowest BCUT2D eigenvalue weighted by Crippen LogP contribution is -2.39. The fourth-order valence-electron chi connectivity index (χ4n) is 3.17. The number of anilines is 1. The number of nitrogens with zero attached hydrogens (tertiary/aromatic N) is 2. The number of carbonyl (C=O) groups excluding carboxylic acids is 1. The largest absolute Gasteiger partial charge is 0.379 e. The Hall–Kier alpha value is -2.41. The first-order valence-electron chi connectivity index (χ1n) is 8.56. The quantitative estimate of drug-likeness (QED) is 0.580. The van der Waals surface area contributed by atoms with E-state index >= 15 is 0 Å². The zero-order valence-electron chi connectivity index (χ0n) is 14.2. The summed E-state index contributed by atoms with van der Waals surface area (Å²) in [5, 5.41) is 14.3. The highest BCUT2D eigenvalue weighted by Crippen LogP contribution is 2.29. The predicted octanol–water partition coefficient (Wildman–Crippen LogP) is 4.32. The third-order valence-electron chi connectivity index (χ3n) is 4.66. The van der Waals surface area contributed by atoms with Gasteiger partial charge < -0.3 is 10.2 Å². The van der Waals surface area contributed by atoms with Gasteiger partial charge in [-0.3, -0.25) is 14.9 Å². The van der Waals surface area contributed by atoms with Crippen molar-refractivity contribution in [1.29, 1.82) is 0 Å². The van der Waals surface area contributed by atoms with E-state index in [-0.39, 0.29) is 16.5 Å². The zero-order valence-corrected chi connectivity index (χ0v) is 15.8. The molecule has 1 heterocycles. The zero-order chi connectivity index (χ0) is 18.5. The van der Waals surface area contributed by atoms with E-state index in [0.717, 1.165) is 17.3 Å². The number of hydrogen-bond donors (Lipinski definition) is 1. The topological polar surface area (TPSA) is 75.5 Å². The molecule has 2 aromatic rings. The highest BCUT2D eigenvalue weighted by atomic mass is 79.9. The maximum absolute atomic E-state index is 12.5. The van der Waals surface area contributed by atoms with Crippen LogP contribution in [0.1, 0.15) is 23.2 Å². The van der Waals surface area contributed by atoms with Gasteiger partial charge in [-0.15, -0.1) is 0 Å². The number of carbonyl (C=O) groups is 1. The van der Waals surface area contributed by atoms with Crippen LogP contribution in [0.3, 0.4) is 0 Å². The lowest BCUT2D eigenvalue weighted by molar-refractivity contribution is -0.384. The minimum atomic E-state index is -0.379. The summed E-state index contributed by atoms with van der Waals surface area (Å²) in [5.74, 6) is 0.452. The molecule has 0 aliphatic carbocycles. The molecule has 136 valence electrons. The Morgan fingerprint density at radius 3 is 2.54 bits per heavy atom. The Morgan fingerprint density at radius 1 is 1.19 bits per heavy atom. The van der Waals surface area contributed by atoms with Crippen LogP contribution in [0.25, 0.3) is 0 Å². The van der Waals surface area contributed by atoms with Gasteiger partial charge in [0.25, 0.3) is 11.6 Å². The number of piperidine rings is 1. The molecule has 1 amide bonds. The van der Waals surface area contributed by atoms with Crippen molar-refractivity contribution in [2.45, 2.75) is 12.8 Å². The summed E-state index contributed by atoms with van der Waals surface area (Å²) in [7, 11) is 0. The van der Waals surface area contributed by atoms with E-state index in [2.05, 4.69) is 21.2 Å². The second-order valence-electron chi connectivity index (χ2n) is 6.40. The molecule has 26 heavy (non-hydrogen) atoms. The predicted molar refractivity (Wildman–Crippen MR) is 104 cm³/mol. The highest BCUT2D eigenvalue weighted by molar-refractivity contribution is 9.10. The summed E-state index contributed by atoms with van der Waals surface area (Å²) in [6.07, 6.45) is 1.76. The molecule has 1 N–H and O–H groups in total. The molecule has 0 bridgehead atoms. The monoisotopic (exact) mass is 417 g/mol. The Morgan fingerprint density at radius 2 is 1.88 bits per heavy atom.